The van der Waals surface area contributed by atoms with Crippen LogP contribution in [-0.2, 0) is 4.74 Å². The van der Waals surface area contributed by atoms with Crippen molar-refractivity contribution in [2.75, 3.05) is 50.9 Å². The van der Waals surface area contributed by atoms with E-state index in [9.17, 15) is 0 Å². The molecule has 0 amide bonds. The molecule has 2 aliphatic rings. The molecule has 0 aromatic rings. The standard InChI is InChI=1S/C14H28N2OS/c1-13(2)15-10-14(4-3-7-17-12-14)11-16-5-8-18-9-6-16/h13,15H,3-12H2,1-2H3. The minimum atomic E-state index is 0.352. The zero-order valence-corrected chi connectivity index (χ0v) is 12.7. The molecule has 4 heteroatoms. The fourth-order valence-corrected chi connectivity index (χ4v) is 3.86. The summed E-state index contributed by atoms with van der Waals surface area (Å²) in [6, 6.07) is 0.570. The second-order valence-corrected chi connectivity index (χ2v) is 7.31. The zero-order valence-electron chi connectivity index (χ0n) is 11.9. The van der Waals surface area contributed by atoms with E-state index >= 15 is 0 Å². The predicted octanol–water partition coefficient (Wildman–Crippen LogP) is 1.83. The van der Waals surface area contributed by atoms with Gasteiger partial charge in [0.15, 0.2) is 0 Å². The number of thioether (sulfide) groups is 1. The second kappa shape index (κ2) is 7.13. The van der Waals surface area contributed by atoms with E-state index < -0.39 is 0 Å². The highest BCUT2D eigenvalue weighted by Crippen LogP contribution is 2.30. The van der Waals surface area contributed by atoms with Gasteiger partial charge >= 0.3 is 0 Å². The molecule has 0 aromatic carbocycles. The lowest BCUT2D eigenvalue weighted by atomic mass is 9.81. The summed E-state index contributed by atoms with van der Waals surface area (Å²) in [5.41, 5.74) is 0.352. The number of hydrogen-bond acceptors (Lipinski definition) is 4. The Bertz CT molecular complexity index is 236. The number of rotatable bonds is 5. The minimum Gasteiger partial charge on any atom is -0.381 e. The smallest absolute Gasteiger partial charge is 0.0546 e. The molecule has 3 nitrogen and oxygen atoms in total. The summed E-state index contributed by atoms with van der Waals surface area (Å²) >= 11 is 2.09. The molecule has 0 saturated carbocycles. The first-order valence-electron chi connectivity index (χ1n) is 7.31. The molecule has 18 heavy (non-hydrogen) atoms. The Hall–Kier alpha value is 0.230. The van der Waals surface area contributed by atoms with Crippen molar-refractivity contribution in [1.29, 1.82) is 0 Å². The van der Waals surface area contributed by atoms with Crippen LogP contribution in [0.5, 0.6) is 0 Å². The van der Waals surface area contributed by atoms with Gasteiger partial charge in [-0.25, -0.2) is 0 Å². The molecular formula is C14H28N2OS. The van der Waals surface area contributed by atoms with Crippen molar-refractivity contribution in [2.24, 2.45) is 5.41 Å². The van der Waals surface area contributed by atoms with E-state index in [1.54, 1.807) is 0 Å². The van der Waals surface area contributed by atoms with E-state index in [0.717, 1.165) is 19.8 Å². The molecule has 2 fully saturated rings. The van der Waals surface area contributed by atoms with Gasteiger partial charge in [0.25, 0.3) is 0 Å². The van der Waals surface area contributed by atoms with Crippen molar-refractivity contribution in [3.63, 3.8) is 0 Å². The maximum Gasteiger partial charge on any atom is 0.0546 e. The van der Waals surface area contributed by atoms with Gasteiger partial charge in [-0.2, -0.15) is 11.8 Å². The minimum absolute atomic E-state index is 0.352. The van der Waals surface area contributed by atoms with Gasteiger partial charge in [0, 0.05) is 55.7 Å². The van der Waals surface area contributed by atoms with Gasteiger partial charge in [-0.3, -0.25) is 0 Å². The Morgan fingerprint density at radius 1 is 1.33 bits per heavy atom. The summed E-state index contributed by atoms with van der Waals surface area (Å²) in [4.78, 5) is 2.65. The summed E-state index contributed by atoms with van der Waals surface area (Å²) in [7, 11) is 0. The number of nitrogens with one attached hydrogen (secondary N) is 1. The van der Waals surface area contributed by atoms with Gasteiger partial charge < -0.3 is 15.0 Å². The highest BCUT2D eigenvalue weighted by atomic mass is 32.2. The Morgan fingerprint density at radius 3 is 2.72 bits per heavy atom. The normalized spacial score (nSPS) is 30.8. The van der Waals surface area contributed by atoms with Crippen LogP contribution < -0.4 is 5.32 Å². The number of ether oxygens (including phenoxy) is 1. The average molecular weight is 272 g/mol. The molecule has 1 N–H and O–H groups in total. The first-order valence-corrected chi connectivity index (χ1v) is 8.47. The molecular weight excluding hydrogens is 244 g/mol. The fourth-order valence-electron chi connectivity index (χ4n) is 2.88. The van der Waals surface area contributed by atoms with Crippen LogP contribution in [0.4, 0.5) is 0 Å². The lowest BCUT2D eigenvalue weighted by Crippen LogP contribution is -2.51. The Morgan fingerprint density at radius 2 is 2.11 bits per heavy atom. The Kier molecular flexibility index (Phi) is 5.80. The van der Waals surface area contributed by atoms with Crippen LogP contribution in [0.3, 0.4) is 0 Å². The first-order chi connectivity index (χ1) is 8.70. The lowest BCUT2D eigenvalue weighted by molar-refractivity contribution is -0.0257. The summed E-state index contributed by atoms with van der Waals surface area (Å²) < 4.78 is 5.79. The highest BCUT2D eigenvalue weighted by molar-refractivity contribution is 7.99. The van der Waals surface area contributed by atoms with Crippen molar-refractivity contribution in [3.05, 3.63) is 0 Å². The third-order valence-corrected chi connectivity index (χ3v) is 4.89. The molecule has 0 aromatic heterocycles. The van der Waals surface area contributed by atoms with E-state index in [1.165, 1.54) is 44.0 Å². The first kappa shape index (κ1) is 14.6. The zero-order chi connectivity index (χ0) is 12.8. The van der Waals surface area contributed by atoms with Crippen molar-refractivity contribution >= 4 is 11.8 Å². The van der Waals surface area contributed by atoms with Crippen LogP contribution in [0.1, 0.15) is 26.7 Å². The van der Waals surface area contributed by atoms with Gasteiger partial charge in [0.2, 0.25) is 0 Å². The van der Waals surface area contributed by atoms with E-state index in [-0.39, 0.29) is 0 Å². The molecule has 1 atom stereocenters. The van der Waals surface area contributed by atoms with Gasteiger partial charge in [-0.1, -0.05) is 13.8 Å². The molecule has 0 bridgehead atoms. The summed E-state index contributed by atoms with van der Waals surface area (Å²) in [6.45, 7) is 11.2. The van der Waals surface area contributed by atoms with Gasteiger partial charge in [0.05, 0.1) is 6.61 Å². The Labute approximate surface area is 116 Å². The topological polar surface area (TPSA) is 24.5 Å². The number of hydrogen-bond donors (Lipinski definition) is 1. The maximum atomic E-state index is 5.79. The maximum absolute atomic E-state index is 5.79. The molecule has 0 spiro atoms. The van der Waals surface area contributed by atoms with Crippen LogP contribution in [0.2, 0.25) is 0 Å². The van der Waals surface area contributed by atoms with Crippen LogP contribution in [-0.4, -0.2) is 61.8 Å². The third-order valence-electron chi connectivity index (χ3n) is 3.95. The van der Waals surface area contributed by atoms with Crippen LogP contribution in [0, 0.1) is 5.41 Å². The average Bonchev–Trinajstić information content (AvgIpc) is 2.39. The highest BCUT2D eigenvalue weighted by Gasteiger charge is 2.35. The SMILES string of the molecule is CC(C)NCC1(CN2CCSCC2)CCCOC1. The van der Waals surface area contributed by atoms with Crippen LogP contribution in [0.15, 0.2) is 0 Å². The van der Waals surface area contributed by atoms with E-state index in [2.05, 4.69) is 35.8 Å². The molecule has 2 rings (SSSR count). The third kappa shape index (κ3) is 4.41. The van der Waals surface area contributed by atoms with Crippen LogP contribution >= 0.6 is 11.8 Å². The van der Waals surface area contributed by atoms with Crippen molar-refractivity contribution in [1.82, 2.24) is 10.2 Å². The molecule has 1 unspecified atom stereocenters. The molecule has 2 aliphatic heterocycles. The van der Waals surface area contributed by atoms with Gasteiger partial charge in [-0.15, -0.1) is 0 Å². The van der Waals surface area contributed by atoms with Gasteiger partial charge in [0.1, 0.15) is 0 Å². The summed E-state index contributed by atoms with van der Waals surface area (Å²) in [5, 5.41) is 3.63. The molecule has 106 valence electrons. The second-order valence-electron chi connectivity index (χ2n) is 6.08. The van der Waals surface area contributed by atoms with E-state index in [0.29, 0.717) is 11.5 Å². The molecule has 0 aliphatic carbocycles. The fraction of sp³-hybridized carbons (Fsp3) is 1.00. The van der Waals surface area contributed by atoms with Crippen molar-refractivity contribution in [2.45, 2.75) is 32.7 Å². The Balaban J connectivity index is 1.90. The molecule has 2 heterocycles. The molecule has 0 radical (unpaired) electrons. The van der Waals surface area contributed by atoms with Crippen LogP contribution in [0.25, 0.3) is 0 Å². The predicted molar refractivity (Wildman–Crippen MR) is 79.4 cm³/mol. The van der Waals surface area contributed by atoms with E-state index in [4.69, 9.17) is 4.74 Å². The van der Waals surface area contributed by atoms with Crippen molar-refractivity contribution < 1.29 is 4.74 Å². The van der Waals surface area contributed by atoms with Gasteiger partial charge in [-0.05, 0) is 12.8 Å². The van der Waals surface area contributed by atoms with Crippen molar-refractivity contribution in [3.8, 4) is 0 Å². The van der Waals surface area contributed by atoms with E-state index in [1.807, 2.05) is 0 Å². The summed E-state index contributed by atoms with van der Waals surface area (Å²) in [5.74, 6) is 2.60. The quantitative estimate of drug-likeness (QED) is 0.825. The summed E-state index contributed by atoms with van der Waals surface area (Å²) in [6.07, 6.45) is 2.54. The largest absolute Gasteiger partial charge is 0.381 e. The lowest BCUT2D eigenvalue weighted by Gasteiger charge is -2.42. The molecule has 2 saturated heterocycles. The number of nitrogens with zero attached hydrogens (tertiary/aromatic N) is 1. The monoisotopic (exact) mass is 272 g/mol.